The van der Waals surface area contributed by atoms with Gasteiger partial charge in [-0.2, -0.15) is 0 Å². The fourth-order valence-corrected chi connectivity index (χ4v) is 2.10. The van der Waals surface area contributed by atoms with Crippen LogP contribution in [0.15, 0.2) is 0 Å². The molecule has 1 aliphatic heterocycles. The van der Waals surface area contributed by atoms with Crippen molar-refractivity contribution in [3.63, 3.8) is 0 Å². The first-order valence-corrected chi connectivity index (χ1v) is 7.30. The van der Waals surface area contributed by atoms with E-state index in [1.807, 2.05) is 4.90 Å². The average Bonchev–Trinajstić information content (AvgIpc) is 2.42. The van der Waals surface area contributed by atoms with Gasteiger partial charge in [0, 0.05) is 25.7 Å². The van der Waals surface area contributed by atoms with Gasteiger partial charge >= 0.3 is 0 Å². The number of hydrogen-bond donors (Lipinski definition) is 1. The Bertz CT molecular complexity index is 246. The van der Waals surface area contributed by atoms with Gasteiger partial charge in [0.05, 0.1) is 12.6 Å². The molecule has 106 valence electrons. The lowest BCUT2D eigenvalue weighted by Crippen LogP contribution is -2.47. The molecule has 1 rings (SSSR count). The summed E-state index contributed by atoms with van der Waals surface area (Å²) in [6, 6.07) is 0.408. The van der Waals surface area contributed by atoms with Crippen LogP contribution in [0.4, 0.5) is 0 Å². The van der Waals surface area contributed by atoms with Crippen molar-refractivity contribution in [3.05, 3.63) is 0 Å². The minimum Gasteiger partial charge on any atom is -0.376 e. The lowest BCUT2D eigenvalue weighted by Gasteiger charge is -2.33. The molecule has 0 aromatic rings. The number of carbonyl (C=O) groups excluding carboxylic acids is 1. The van der Waals surface area contributed by atoms with Crippen molar-refractivity contribution in [1.29, 1.82) is 0 Å². The first-order chi connectivity index (χ1) is 8.67. The predicted octanol–water partition coefficient (Wildman–Crippen LogP) is 1.79. The standard InChI is InChI=1S/C14H28N2O2/c1-4-9-18-13-7-6-8-16(11-13)14(17)10-15-12(3)5-2/h12-13,15H,4-11H2,1-3H3. The number of hydrogen-bond acceptors (Lipinski definition) is 3. The molecule has 18 heavy (non-hydrogen) atoms. The Balaban J connectivity index is 2.29. The van der Waals surface area contributed by atoms with Crippen molar-refractivity contribution in [3.8, 4) is 0 Å². The van der Waals surface area contributed by atoms with Crippen LogP contribution in [0.5, 0.6) is 0 Å². The third-order valence-corrected chi connectivity index (χ3v) is 3.50. The van der Waals surface area contributed by atoms with Crippen LogP contribution in [-0.2, 0) is 9.53 Å². The molecule has 0 aromatic heterocycles. The van der Waals surface area contributed by atoms with Gasteiger partial charge in [-0.1, -0.05) is 13.8 Å². The number of amides is 1. The number of piperidine rings is 1. The topological polar surface area (TPSA) is 41.6 Å². The smallest absolute Gasteiger partial charge is 0.236 e. The summed E-state index contributed by atoms with van der Waals surface area (Å²) in [5.41, 5.74) is 0. The maximum atomic E-state index is 12.0. The number of likely N-dealkylation sites (tertiary alicyclic amines) is 1. The fourth-order valence-electron chi connectivity index (χ4n) is 2.10. The lowest BCUT2D eigenvalue weighted by molar-refractivity contribution is -0.134. The van der Waals surface area contributed by atoms with Crippen LogP contribution in [0.3, 0.4) is 0 Å². The molecule has 2 unspecified atom stereocenters. The van der Waals surface area contributed by atoms with Gasteiger partial charge in [-0.3, -0.25) is 4.79 Å². The fraction of sp³-hybridized carbons (Fsp3) is 0.929. The summed E-state index contributed by atoms with van der Waals surface area (Å²) in [4.78, 5) is 14.0. The van der Waals surface area contributed by atoms with Gasteiger partial charge in [0.25, 0.3) is 0 Å². The molecule has 0 aromatic carbocycles. The van der Waals surface area contributed by atoms with Gasteiger partial charge < -0.3 is 15.0 Å². The van der Waals surface area contributed by atoms with Gasteiger partial charge in [0.15, 0.2) is 0 Å². The third kappa shape index (κ3) is 5.36. The molecule has 0 saturated carbocycles. The lowest BCUT2D eigenvalue weighted by atomic mass is 10.1. The summed E-state index contributed by atoms with van der Waals surface area (Å²) in [5, 5.41) is 3.26. The second kappa shape index (κ2) is 8.48. The summed E-state index contributed by atoms with van der Waals surface area (Å²) in [7, 11) is 0. The summed E-state index contributed by atoms with van der Waals surface area (Å²) in [6.45, 7) is 9.25. The second-order valence-electron chi connectivity index (χ2n) is 5.16. The van der Waals surface area contributed by atoms with E-state index in [4.69, 9.17) is 4.74 Å². The number of nitrogens with zero attached hydrogens (tertiary/aromatic N) is 1. The van der Waals surface area contributed by atoms with E-state index in [0.29, 0.717) is 12.6 Å². The van der Waals surface area contributed by atoms with E-state index in [0.717, 1.165) is 45.4 Å². The Hall–Kier alpha value is -0.610. The zero-order valence-corrected chi connectivity index (χ0v) is 12.1. The van der Waals surface area contributed by atoms with Crippen LogP contribution in [0, 0.1) is 0 Å². The molecule has 0 radical (unpaired) electrons. The van der Waals surface area contributed by atoms with E-state index in [1.165, 1.54) is 0 Å². The molecule has 1 heterocycles. The van der Waals surface area contributed by atoms with Crippen molar-refractivity contribution in [2.24, 2.45) is 0 Å². The minimum absolute atomic E-state index is 0.208. The van der Waals surface area contributed by atoms with Crippen LogP contribution in [0.25, 0.3) is 0 Å². The third-order valence-electron chi connectivity index (χ3n) is 3.50. The normalized spacial score (nSPS) is 21.9. The number of ether oxygens (including phenoxy) is 1. The summed E-state index contributed by atoms with van der Waals surface area (Å²) >= 11 is 0. The maximum absolute atomic E-state index is 12.0. The SMILES string of the molecule is CCCOC1CCCN(C(=O)CNC(C)CC)C1. The van der Waals surface area contributed by atoms with Gasteiger partial charge in [-0.15, -0.1) is 0 Å². The number of carbonyl (C=O) groups is 1. The highest BCUT2D eigenvalue weighted by atomic mass is 16.5. The van der Waals surface area contributed by atoms with Crippen LogP contribution in [0.2, 0.25) is 0 Å². The molecule has 1 N–H and O–H groups in total. The molecule has 4 nitrogen and oxygen atoms in total. The highest BCUT2D eigenvalue weighted by molar-refractivity contribution is 5.78. The van der Waals surface area contributed by atoms with Crippen molar-refractivity contribution in [2.75, 3.05) is 26.2 Å². The van der Waals surface area contributed by atoms with Crippen molar-refractivity contribution in [1.82, 2.24) is 10.2 Å². The first-order valence-electron chi connectivity index (χ1n) is 7.30. The largest absolute Gasteiger partial charge is 0.376 e. The Morgan fingerprint density at radius 3 is 2.94 bits per heavy atom. The van der Waals surface area contributed by atoms with Crippen molar-refractivity contribution < 1.29 is 9.53 Å². The Morgan fingerprint density at radius 2 is 2.28 bits per heavy atom. The molecule has 2 atom stereocenters. The van der Waals surface area contributed by atoms with Crippen LogP contribution in [-0.4, -0.2) is 49.2 Å². The highest BCUT2D eigenvalue weighted by Gasteiger charge is 2.23. The molecular formula is C14H28N2O2. The van der Waals surface area contributed by atoms with E-state index in [9.17, 15) is 4.79 Å². The molecular weight excluding hydrogens is 228 g/mol. The second-order valence-corrected chi connectivity index (χ2v) is 5.16. The van der Waals surface area contributed by atoms with E-state index < -0.39 is 0 Å². The average molecular weight is 256 g/mol. The Morgan fingerprint density at radius 1 is 1.50 bits per heavy atom. The minimum atomic E-state index is 0.208. The molecule has 1 fully saturated rings. The molecule has 1 aliphatic rings. The van der Waals surface area contributed by atoms with Gasteiger partial charge in [-0.05, 0) is 32.6 Å². The molecule has 0 aliphatic carbocycles. The van der Waals surface area contributed by atoms with Gasteiger partial charge in [0.1, 0.15) is 0 Å². The quantitative estimate of drug-likeness (QED) is 0.755. The van der Waals surface area contributed by atoms with Crippen LogP contribution >= 0.6 is 0 Å². The predicted molar refractivity (Wildman–Crippen MR) is 73.6 cm³/mol. The molecule has 1 amide bonds. The molecule has 0 bridgehead atoms. The zero-order valence-electron chi connectivity index (χ0n) is 12.1. The number of nitrogens with one attached hydrogen (secondary N) is 1. The summed E-state index contributed by atoms with van der Waals surface area (Å²) in [5.74, 6) is 0.208. The summed E-state index contributed by atoms with van der Waals surface area (Å²) < 4.78 is 5.74. The van der Waals surface area contributed by atoms with E-state index in [2.05, 4.69) is 26.1 Å². The van der Waals surface area contributed by atoms with Crippen LogP contribution in [0.1, 0.15) is 46.5 Å². The van der Waals surface area contributed by atoms with Gasteiger partial charge in [0.2, 0.25) is 5.91 Å². The van der Waals surface area contributed by atoms with Gasteiger partial charge in [-0.25, -0.2) is 0 Å². The first kappa shape index (κ1) is 15.4. The van der Waals surface area contributed by atoms with Crippen molar-refractivity contribution >= 4 is 5.91 Å². The zero-order chi connectivity index (χ0) is 13.4. The Labute approximate surface area is 111 Å². The maximum Gasteiger partial charge on any atom is 0.236 e. The highest BCUT2D eigenvalue weighted by Crippen LogP contribution is 2.13. The molecule has 4 heteroatoms. The molecule has 0 spiro atoms. The number of rotatable bonds is 7. The van der Waals surface area contributed by atoms with E-state index in [-0.39, 0.29) is 12.0 Å². The molecule has 1 saturated heterocycles. The monoisotopic (exact) mass is 256 g/mol. The van der Waals surface area contributed by atoms with Crippen molar-refractivity contribution in [2.45, 2.75) is 58.6 Å². The van der Waals surface area contributed by atoms with E-state index >= 15 is 0 Å². The summed E-state index contributed by atoms with van der Waals surface area (Å²) in [6.07, 6.45) is 4.48. The van der Waals surface area contributed by atoms with Crippen LogP contribution < -0.4 is 5.32 Å². The van der Waals surface area contributed by atoms with E-state index in [1.54, 1.807) is 0 Å². The Kier molecular flexibility index (Phi) is 7.28.